The molecule has 1 atom stereocenters. The zero-order valence-corrected chi connectivity index (χ0v) is 16.3. The van der Waals surface area contributed by atoms with Crippen LogP contribution in [0.25, 0.3) is 0 Å². The van der Waals surface area contributed by atoms with Crippen molar-refractivity contribution in [3.63, 3.8) is 0 Å². The van der Waals surface area contributed by atoms with E-state index < -0.39 is 17.5 Å². The molecule has 0 radical (unpaired) electrons. The molecule has 5 rings (SSSR count). The molecule has 1 unspecified atom stereocenters. The molecule has 1 amide bonds. The van der Waals surface area contributed by atoms with Gasteiger partial charge in [-0.1, -0.05) is 65.8 Å². The summed E-state index contributed by atoms with van der Waals surface area (Å²) in [5.74, 6) is -0.194. The Balaban J connectivity index is 1.53. The molecule has 1 spiro atoms. The molecule has 0 aromatic heterocycles. The minimum Gasteiger partial charge on any atom is -0.361 e. The van der Waals surface area contributed by atoms with Gasteiger partial charge in [0.15, 0.2) is 0 Å². The Morgan fingerprint density at radius 1 is 0.968 bits per heavy atom. The lowest BCUT2D eigenvalue weighted by Gasteiger charge is -2.33. The number of oxime groups is 1. The fraction of sp³-hybridized carbons (Fsp3) is 0.167. The van der Waals surface area contributed by atoms with E-state index in [1.165, 1.54) is 6.07 Å². The largest absolute Gasteiger partial charge is 0.416 e. The maximum atomic E-state index is 13.2. The van der Waals surface area contributed by atoms with Gasteiger partial charge in [-0.2, -0.15) is 13.2 Å². The minimum absolute atomic E-state index is 0.157. The van der Waals surface area contributed by atoms with Crippen LogP contribution in [-0.2, 0) is 23.3 Å². The first kappa shape index (κ1) is 19.4. The van der Waals surface area contributed by atoms with E-state index in [2.05, 4.69) is 5.16 Å². The highest BCUT2D eigenvalue weighted by Gasteiger charge is 2.55. The fourth-order valence-corrected chi connectivity index (χ4v) is 4.17. The van der Waals surface area contributed by atoms with Gasteiger partial charge in [-0.05, 0) is 23.8 Å². The van der Waals surface area contributed by atoms with Gasteiger partial charge < -0.3 is 4.84 Å². The molecule has 0 bridgehead atoms. The number of alkyl halides is 3. The van der Waals surface area contributed by atoms with Gasteiger partial charge in [0.1, 0.15) is 0 Å². The summed E-state index contributed by atoms with van der Waals surface area (Å²) in [6, 6.07) is 21.6. The number of hydrogen-bond donors (Lipinski definition) is 0. The Hall–Kier alpha value is -3.61. The number of carbonyl (C=O) groups is 1. The van der Waals surface area contributed by atoms with E-state index in [-0.39, 0.29) is 12.3 Å². The topological polar surface area (TPSA) is 41.9 Å². The zero-order chi connectivity index (χ0) is 21.6. The third-order valence-corrected chi connectivity index (χ3v) is 5.68. The third-order valence-electron chi connectivity index (χ3n) is 5.68. The number of nitrogens with zero attached hydrogens (tertiary/aromatic N) is 2. The van der Waals surface area contributed by atoms with Gasteiger partial charge in [-0.3, -0.25) is 9.69 Å². The summed E-state index contributed by atoms with van der Waals surface area (Å²) < 4.78 is 39.5. The molecule has 0 N–H and O–H groups in total. The van der Waals surface area contributed by atoms with Crippen molar-refractivity contribution in [3.8, 4) is 0 Å². The van der Waals surface area contributed by atoms with Gasteiger partial charge in [-0.15, -0.1) is 0 Å². The lowest BCUT2D eigenvalue weighted by Crippen LogP contribution is -2.43. The van der Waals surface area contributed by atoms with Gasteiger partial charge in [0, 0.05) is 16.7 Å². The van der Waals surface area contributed by atoms with E-state index in [1.54, 1.807) is 23.1 Å². The summed E-state index contributed by atoms with van der Waals surface area (Å²) in [6.07, 6.45) is -4.30. The van der Waals surface area contributed by atoms with Crippen LogP contribution in [0.5, 0.6) is 0 Å². The molecule has 0 saturated carbocycles. The second-order valence-electron chi connectivity index (χ2n) is 7.59. The summed E-state index contributed by atoms with van der Waals surface area (Å²) in [6.45, 7) is 0.291. The zero-order valence-electron chi connectivity index (χ0n) is 16.3. The van der Waals surface area contributed by atoms with E-state index in [4.69, 9.17) is 4.84 Å². The number of halogens is 3. The SMILES string of the molecule is O=C1c2ccccc2C2(CC(c3cccc(C(F)(F)F)c3)=NO2)N1Cc1ccccc1. The summed E-state index contributed by atoms with van der Waals surface area (Å²) >= 11 is 0. The Bertz CT molecular complexity index is 1190. The van der Waals surface area contributed by atoms with E-state index in [9.17, 15) is 18.0 Å². The molecule has 4 nitrogen and oxygen atoms in total. The first-order valence-electron chi connectivity index (χ1n) is 9.76. The van der Waals surface area contributed by atoms with Crippen LogP contribution in [0.1, 0.15) is 39.0 Å². The molecular weight excluding hydrogens is 405 g/mol. The monoisotopic (exact) mass is 422 g/mol. The summed E-state index contributed by atoms with van der Waals surface area (Å²) in [7, 11) is 0. The number of benzene rings is 3. The van der Waals surface area contributed by atoms with Crippen molar-refractivity contribution in [2.75, 3.05) is 0 Å². The Morgan fingerprint density at radius 3 is 2.48 bits per heavy atom. The van der Waals surface area contributed by atoms with Crippen LogP contribution in [0, 0.1) is 0 Å². The predicted octanol–water partition coefficient (Wildman–Crippen LogP) is 5.34. The molecule has 2 aliphatic rings. The summed E-state index contributed by atoms with van der Waals surface area (Å²) in [5.41, 5.74) is 0.849. The molecule has 0 aliphatic carbocycles. The first-order chi connectivity index (χ1) is 14.9. The molecule has 0 fully saturated rings. The fourth-order valence-electron chi connectivity index (χ4n) is 4.17. The molecule has 31 heavy (non-hydrogen) atoms. The van der Waals surface area contributed by atoms with Crippen LogP contribution in [0.4, 0.5) is 13.2 Å². The van der Waals surface area contributed by atoms with E-state index >= 15 is 0 Å². The van der Waals surface area contributed by atoms with Gasteiger partial charge in [0.05, 0.1) is 24.2 Å². The van der Waals surface area contributed by atoms with Crippen LogP contribution in [0.2, 0.25) is 0 Å². The number of rotatable bonds is 3. The molecular formula is C24H17F3N2O2. The van der Waals surface area contributed by atoms with E-state index in [1.807, 2.05) is 42.5 Å². The van der Waals surface area contributed by atoms with Crippen LogP contribution in [0.15, 0.2) is 84.0 Å². The highest BCUT2D eigenvalue weighted by molar-refractivity contribution is 6.05. The normalized spacial score (nSPS) is 20.0. The maximum absolute atomic E-state index is 13.2. The second-order valence-corrected chi connectivity index (χ2v) is 7.59. The summed E-state index contributed by atoms with van der Waals surface area (Å²) in [4.78, 5) is 20.7. The van der Waals surface area contributed by atoms with Gasteiger partial charge in [0.2, 0.25) is 5.72 Å². The number of fused-ring (bicyclic) bond motifs is 2. The molecule has 3 aromatic rings. The molecule has 156 valence electrons. The van der Waals surface area contributed by atoms with Gasteiger partial charge in [0.25, 0.3) is 5.91 Å². The smallest absolute Gasteiger partial charge is 0.361 e. The van der Waals surface area contributed by atoms with E-state index in [0.29, 0.717) is 28.9 Å². The Morgan fingerprint density at radius 2 is 1.71 bits per heavy atom. The average Bonchev–Trinajstić information content (AvgIpc) is 3.31. The highest BCUT2D eigenvalue weighted by atomic mass is 19.4. The van der Waals surface area contributed by atoms with Gasteiger partial charge >= 0.3 is 6.18 Å². The number of hydrogen-bond acceptors (Lipinski definition) is 3. The molecule has 2 aliphatic heterocycles. The minimum atomic E-state index is -4.46. The molecule has 0 saturated heterocycles. The van der Waals surface area contributed by atoms with Crippen molar-refractivity contribution >= 4 is 11.6 Å². The molecule has 7 heteroatoms. The van der Waals surface area contributed by atoms with Crippen molar-refractivity contribution in [1.82, 2.24) is 4.90 Å². The maximum Gasteiger partial charge on any atom is 0.416 e. The average molecular weight is 422 g/mol. The Kier molecular flexibility index (Phi) is 4.36. The van der Waals surface area contributed by atoms with Crippen molar-refractivity contribution in [2.45, 2.75) is 24.9 Å². The quantitative estimate of drug-likeness (QED) is 0.572. The van der Waals surface area contributed by atoms with Crippen LogP contribution >= 0.6 is 0 Å². The van der Waals surface area contributed by atoms with Crippen LogP contribution < -0.4 is 0 Å². The number of carbonyl (C=O) groups excluding carboxylic acids is 1. The molecule has 3 aromatic carbocycles. The van der Waals surface area contributed by atoms with Crippen molar-refractivity contribution in [3.05, 3.63) is 107 Å². The third kappa shape index (κ3) is 3.17. The number of amides is 1. The van der Waals surface area contributed by atoms with E-state index in [0.717, 1.165) is 17.7 Å². The van der Waals surface area contributed by atoms with Crippen molar-refractivity contribution in [2.24, 2.45) is 5.16 Å². The lowest BCUT2D eigenvalue weighted by molar-refractivity contribution is -0.137. The Labute approximate surface area is 176 Å². The first-order valence-corrected chi connectivity index (χ1v) is 9.76. The van der Waals surface area contributed by atoms with Crippen molar-refractivity contribution in [1.29, 1.82) is 0 Å². The van der Waals surface area contributed by atoms with Crippen molar-refractivity contribution < 1.29 is 22.8 Å². The lowest BCUT2D eigenvalue weighted by atomic mass is 9.93. The second kappa shape index (κ2) is 6.97. The summed E-state index contributed by atoms with van der Waals surface area (Å²) in [5, 5.41) is 4.14. The molecule has 2 heterocycles. The predicted molar refractivity (Wildman–Crippen MR) is 108 cm³/mol. The standard InChI is InChI=1S/C24H17F3N2O2/c25-24(26,27)18-10-6-9-17(13-18)21-14-23(31-28-21)20-12-5-4-11-19(20)22(30)29(23)15-16-7-2-1-3-8-16/h1-13H,14-15H2. The highest BCUT2D eigenvalue weighted by Crippen LogP contribution is 2.47. The van der Waals surface area contributed by atoms with Crippen LogP contribution in [-0.4, -0.2) is 16.5 Å². The van der Waals surface area contributed by atoms with Crippen LogP contribution in [0.3, 0.4) is 0 Å². The van der Waals surface area contributed by atoms with Gasteiger partial charge in [-0.25, -0.2) is 0 Å².